The Balaban J connectivity index is 2.15. The van der Waals surface area contributed by atoms with Gasteiger partial charge in [-0.1, -0.05) is 4.85 Å². The zero-order chi connectivity index (χ0) is 17.8. The molecule has 0 radical (unpaired) electrons. The number of benzene rings is 2. The van der Waals surface area contributed by atoms with E-state index < -0.39 is 5.66 Å². The lowest BCUT2D eigenvalue weighted by molar-refractivity contribution is 0.354. The van der Waals surface area contributed by atoms with E-state index in [9.17, 15) is 10.2 Å². The fraction of sp³-hybridized carbons (Fsp3) is 0.316. The van der Waals surface area contributed by atoms with Crippen molar-refractivity contribution in [3.8, 4) is 40.7 Å². The molecule has 2 aliphatic rings. The monoisotopic (exact) mass is 339 g/mol. The van der Waals surface area contributed by atoms with Crippen molar-refractivity contribution in [1.82, 2.24) is 5.32 Å². The number of hydrogen-bond acceptors (Lipinski definition) is 5. The number of nitrogens with one attached hydrogen (secondary N) is 1. The maximum atomic E-state index is 10.5. The van der Waals surface area contributed by atoms with Gasteiger partial charge < -0.3 is 19.7 Å². The highest BCUT2D eigenvalue weighted by Crippen LogP contribution is 2.54. The maximum Gasteiger partial charge on any atom is 0.365 e. The first-order valence-electron chi connectivity index (χ1n) is 8.05. The zero-order valence-electron chi connectivity index (χ0n) is 14.1. The molecule has 0 spiro atoms. The SMILES string of the molecule is C#[N+][C@]12Cc3cc(O)c(OC)cc3-c3c(OC)c(O)cc(c31)CCN2. The fourth-order valence-electron chi connectivity index (χ4n) is 4.07. The molecule has 3 N–H and O–H groups in total. The van der Waals surface area contributed by atoms with Crippen molar-refractivity contribution in [3.63, 3.8) is 0 Å². The maximum absolute atomic E-state index is 10.5. The highest BCUT2D eigenvalue weighted by molar-refractivity contribution is 5.86. The fourth-order valence-corrected chi connectivity index (χ4v) is 4.07. The summed E-state index contributed by atoms with van der Waals surface area (Å²) in [6, 6.07) is 5.14. The molecule has 0 saturated heterocycles. The Morgan fingerprint density at radius 1 is 1.12 bits per heavy atom. The molecule has 0 saturated carbocycles. The standard InChI is InChI=1S/C19H18N2O4/c1-20-19-9-11-7-13(22)15(24-2)8-12(11)16-17(19)10(4-5-21-19)6-14(23)18(16)25-3/h1,6-8,21H,4-5,9H2,2-3H3,(H-,22,23)/p+1/t19-/m0/s1. The van der Waals surface area contributed by atoms with Crippen molar-refractivity contribution in [3.05, 3.63) is 39.7 Å². The zero-order valence-corrected chi connectivity index (χ0v) is 14.1. The third-order valence-corrected chi connectivity index (χ3v) is 5.11. The Labute approximate surface area is 145 Å². The Kier molecular flexibility index (Phi) is 3.31. The summed E-state index contributed by atoms with van der Waals surface area (Å²) in [6.45, 7) is 6.51. The number of phenols is 2. The molecule has 128 valence electrons. The molecule has 1 aliphatic carbocycles. The second kappa shape index (κ2) is 5.30. The first-order valence-corrected chi connectivity index (χ1v) is 8.05. The summed E-state index contributed by atoms with van der Waals surface area (Å²) in [5.74, 6) is 0.846. The van der Waals surface area contributed by atoms with Crippen molar-refractivity contribution in [2.75, 3.05) is 20.8 Å². The lowest BCUT2D eigenvalue weighted by Crippen LogP contribution is -2.48. The third kappa shape index (κ3) is 1.99. The minimum absolute atomic E-state index is 0.0482. The minimum Gasteiger partial charge on any atom is -0.504 e. The number of aromatic hydroxyl groups is 2. The third-order valence-electron chi connectivity index (χ3n) is 5.11. The van der Waals surface area contributed by atoms with E-state index in [0.717, 1.165) is 34.2 Å². The summed E-state index contributed by atoms with van der Waals surface area (Å²) in [5, 5.41) is 24.1. The molecule has 1 heterocycles. The highest BCUT2D eigenvalue weighted by atomic mass is 16.5. The molecule has 0 fully saturated rings. The van der Waals surface area contributed by atoms with Gasteiger partial charge in [0, 0.05) is 12.1 Å². The summed E-state index contributed by atoms with van der Waals surface area (Å²) >= 11 is 0. The summed E-state index contributed by atoms with van der Waals surface area (Å²) in [6.07, 6.45) is 1.24. The average Bonchev–Trinajstić information content (AvgIpc) is 2.61. The molecule has 6 nitrogen and oxygen atoms in total. The van der Waals surface area contributed by atoms with Crippen molar-refractivity contribution < 1.29 is 19.7 Å². The van der Waals surface area contributed by atoms with Crippen LogP contribution in [0.25, 0.3) is 16.0 Å². The van der Waals surface area contributed by atoms with Crippen LogP contribution in [-0.4, -0.2) is 31.0 Å². The van der Waals surface area contributed by atoms with Crippen LogP contribution in [0.5, 0.6) is 23.0 Å². The van der Waals surface area contributed by atoms with E-state index in [1.54, 1.807) is 18.2 Å². The average molecular weight is 339 g/mol. The van der Waals surface area contributed by atoms with E-state index in [0.29, 0.717) is 24.5 Å². The number of hydrogen-bond donors (Lipinski definition) is 3. The minimum atomic E-state index is -0.808. The summed E-state index contributed by atoms with van der Waals surface area (Å²) in [4.78, 5) is 4.17. The summed E-state index contributed by atoms with van der Waals surface area (Å²) in [5.41, 5.74) is 3.51. The van der Waals surface area contributed by atoms with E-state index in [-0.39, 0.29) is 11.5 Å². The van der Waals surface area contributed by atoms with Crippen LogP contribution in [0, 0.1) is 6.57 Å². The molecule has 0 aromatic heterocycles. The molecule has 4 rings (SSSR count). The predicted molar refractivity (Wildman–Crippen MR) is 93.7 cm³/mol. The van der Waals surface area contributed by atoms with Gasteiger partial charge in [0.05, 0.1) is 26.2 Å². The van der Waals surface area contributed by atoms with Gasteiger partial charge in [0.1, 0.15) is 0 Å². The van der Waals surface area contributed by atoms with Crippen LogP contribution >= 0.6 is 0 Å². The molecule has 2 aromatic rings. The number of methoxy groups -OCH3 is 2. The molecule has 0 unspecified atom stereocenters. The lowest BCUT2D eigenvalue weighted by atomic mass is 9.73. The lowest BCUT2D eigenvalue weighted by Gasteiger charge is -2.35. The van der Waals surface area contributed by atoms with Crippen molar-refractivity contribution >= 4 is 0 Å². The molecule has 0 bridgehead atoms. The van der Waals surface area contributed by atoms with Crippen molar-refractivity contribution in [1.29, 1.82) is 0 Å². The van der Waals surface area contributed by atoms with Gasteiger partial charge in [0.25, 0.3) is 6.57 Å². The van der Waals surface area contributed by atoms with Gasteiger partial charge >= 0.3 is 5.66 Å². The summed E-state index contributed by atoms with van der Waals surface area (Å²) in [7, 11) is 3.02. The number of phenolic OH excluding ortho intramolecular Hbond substituents is 2. The van der Waals surface area contributed by atoms with Gasteiger partial charge in [-0.2, -0.15) is 0 Å². The number of ether oxygens (including phenoxy) is 2. The molecule has 25 heavy (non-hydrogen) atoms. The van der Waals surface area contributed by atoms with Crippen LogP contribution in [0.3, 0.4) is 0 Å². The topological polar surface area (TPSA) is 75.3 Å². The Morgan fingerprint density at radius 3 is 2.56 bits per heavy atom. The Bertz CT molecular complexity index is 932. The molecule has 0 amide bonds. The highest BCUT2D eigenvalue weighted by Gasteiger charge is 2.53. The van der Waals surface area contributed by atoms with E-state index in [4.69, 9.17) is 16.0 Å². The summed E-state index contributed by atoms with van der Waals surface area (Å²) < 4.78 is 10.8. The molecule has 1 atom stereocenters. The van der Waals surface area contributed by atoms with Gasteiger partial charge in [-0.3, -0.25) is 0 Å². The van der Waals surface area contributed by atoms with Gasteiger partial charge in [-0.05, 0) is 41.3 Å². The molecule has 6 heteroatoms. The van der Waals surface area contributed by atoms with E-state index in [2.05, 4.69) is 10.2 Å². The van der Waals surface area contributed by atoms with E-state index in [1.807, 2.05) is 0 Å². The van der Waals surface area contributed by atoms with Crippen LogP contribution in [0.15, 0.2) is 18.2 Å². The van der Waals surface area contributed by atoms with Crippen molar-refractivity contribution in [2.24, 2.45) is 0 Å². The number of rotatable bonds is 2. The second-order valence-corrected chi connectivity index (χ2v) is 6.36. The van der Waals surface area contributed by atoms with Crippen LogP contribution in [0.4, 0.5) is 0 Å². The second-order valence-electron chi connectivity index (χ2n) is 6.36. The first kappa shape index (κ1) is 15.6. The molecule has 1 aliphatic heterocycles. The molecule has 2 aromatic carbocycles. The quantitative estimate of drug-likeness (QED) is 0.784. The largest absolute Gasteiger partial charge is 0.504 e. The van der Waals surface area contributed by atoms with Gasteiger partial charge in [-0.15, -0.1) is 0 Å². The van der Waals surface area contributed by atoms with E-state index >= 15 is 0 Å². The molecular formula is C19H19N2O4+. The van der Waals surface area contributed by atoms with Gasteiger partial charge in [0.2, 0.25) is 0 Å². The first-order chi connectivity index (χ1) is 12.0. The van der Waals surface area contributed by atoms with Gasteiger partial charge in [-0.25, -0.2) is 5.32 Å². The number of nitrogens with zero attached hydrogens (tertiary/aromatic N) is 1. The van der Waals surface area contributed by atoms with Crippen LogP contribution in [-0.2, 0) is 18.5 Å². The number of fused-ring (bicyclic) bond motifs is 2. The predicted octanol–water partition coefficient (Wildman–Crippen LogP) is 2.60. The van der Waals surface area contributed by atoms with Crippen molar-refractivity contribution in [2.45, 2.75) is 18.5 Å². The molecular weight excluding hydrogens is 320 g/mol. The van der Waals surface area contributed by atoms with Crippen LogP contribution in [0.2, 0.25) is 0 Å². The Hall–Kier alpha value is -2.91. The Morgan fingerprint density at radius 2 is 1.88 bits per heavy atom. The van der Waals surface area contributed by atoms with E-state index in [1.165, 1.54) is 14.2 Å². The smallest absolute Gasteiger partial charge is 0.365 e. The normalized spacial score (nSPS) is 20.2. The van der Waals surface area contributed by atoms with Gasteiger partial charge in [0.15, 0.2) is 23.0 Å². The van der Waals surface area contributed by atoms with Crippen LogP contribution < -0.4 is 14.8 Å². The van der Waals surface area contributed by atoms with Crippen LogP contribution in [0.1, 0.15) is 16.7 Å².